The maximum atomic E-state index is 11.7. The van der Waals surface area contributed by atoms with Crippen LogP contribution in [-0.2, 0) is 9.53 Å². The van der Waals surface area contributed by atoms with E-state index in [1.807, 2.05) is 0 Å². The van der Waals surface area contributed by atoms with Crippen molar-refractivity contribution in [3.05, 3.63) is 0 Å². The molecule has 3 fully saturated rings. The van der Waals surface area contributed by atoms with E-state index in [0.29, 0.717) is 19.3 Å². The van der Waals surface area contributed by atoms with Crippen LogP contribution in [0.2, 0.25) is 0 Å². The zero-order valence-corrected chi connectivity index (χ0v) is 10.4. The van der Waals surface area contributed by atoms with E-state index in [-0.39, 0.29) is 17.6 Å². The average Bonchev–Trinajstić information content (AvgIpc) is 2.72. The number of aliphatic hydroxyl groups is 1. The Hall–Kier alpha value is -0.610. The lowest BCUT2D eigenvalue weighted by molar-refractivity contribution is -0.221. The summed E-state index contributed by atoms with van der Waals surface area (Å²) in [5, 5.41) is 20.3. The Morgan fingerprint density at radius 3 is 2.29 bits per heavy atom. The van der Waals surface area contributed by atoms with Crippen LogP contribution in [0.15, 0.2) is 0 Å². The molecule has 4 nitrogen and oxygen atoms in total. The summed E-state index contributed by atoms with van der Waals surface area (Å²) in [6.07, 6.45) is 3.10. The minimum Gasteiger partial charge on any atom is -0.481 e. The van der Waals surface area contributed by atoms with Gasteiger partial charge in [0.1, 0.15) is 5.41 Å². The normalized spacial score (nSPS) is 45.6. The van der Waals surface area contributed by atoms with Crippen molar-refractivity contribution in [2.24, 2.45) is 10.8 Å². The molecule has 96 valence electrons. The van der Waals surface area contributed by atoms with Gasteiger partial charge in [0.05, 0.1) is 17.8 Å². The minimum atomic E-state index is -1.07. The van der Waals surface area contributed by atoms with Crippen molar-refractivity contribution in [3.8, 4) is 0 Å². The van der Waals surface area contributed by atoms with E-state index >= 15 is 0 Å². The van der Waals surface area contributed by atoms with Gasteiger partial charge in [-0.2, -0.15) is 0 Å². The smallest absolute Gasteiger partial charge is 0.315 e. The van der Waals surface area contributed by atoms with E-state index in [4.69, 9.17) is 4.74 Å². The van der Waals surface area contributed by atoms with Crippen LogP contribution in [0.5, 0.6) is 0 Å². The lowest BCUT2D eigenvalue weighted by Gasteiger charge is -2.58. The van der Waals surface area contributed by atoms with Gasteiger partial charge in [0.15, 0.2) is 0 Å². The Morgan fingerprint density at radius 2 is 1.94 bits per heavy atom. The fraction of sp³-hybridized carbons (Fsp3) is 0.923. The Morgan fingerprint density at radius 1 is 1.29 bits per heavy atom. The molecule has 0 amide bonds. The van der Waals surface area contributed by atoms with Gasteiger partial charge in [0.25, 0.3) is 0 Å². The van der Waals surface area contributed by atoms with Crippen LogP contribution in [0.3, 0.4) is 0 Å². The summed E-state index contributed by atoms with van der Waals surface area (Å²) in [4.78, 5) is 11.7. The van der Waals surface area contributed by atoms with Gasteiger partial charge < -0.3 is 14.9 Å². The summed E-state index contributed by atoms with van der Waals surface area (Å²) in [7, 11) is 0. The largest absolute Gasteiger partial charge is 0.481 e. The molecule has 0 spiro atoms. The molecule has 1 saturated carbocycles. The Bertz CT molecular complexity index is 368. The zero-order valence-electron chi connectivity index (χ0n) is 10.4. The monoisotopic (exact) mass is 240 g/mol. The molecule has 3 unspecified atom stereocenters. The lowest BCUT2D eigenvalue weighted by atomic mass is 9.48. The first kappa shape index (κ1) is 11.5. The molecule has 4 heteroatoms. The van der Waals surface area contributed by atoms with Gasteiger partial charge in [0, 0.05) is 0 Å². The molecule has 17 heavy (non-hydrogen) atoms. The molecule has 2 N–H and O–H groups in total. The fourth-order valence-electron chi connectivity index (χ4n) is 4.47. The number of rotatable bonds is 2. The summed E-state index contributed by atoms with van der Waals surface area (Å²) in [6.45, 7) is 4.15. The maximum Gasteiger partial charge on any atom is 0.315 e. The summed E-state index contributed by atoms with van der Waals surface area (Å²) in [6, 6.07) is 0. The third-order valence-corrected chi connectivity index (χ3v) is 4.96. The summed E-state index contributed by atoms with van der Waals surface area (Å²) < 4.78 is 5.70. The summed E-state index contributed by atoms with van der Waals surface area (Å²) in [5.41, 5.74) is -2.06. The Balaban J connectivity index is 1.95. The van der Waals surface area contributed by atoms with Gasteiger partial charge in [-0.1, -0.05) is 13.8 Å². The molecular weight excluding hydrogens is 220 g/mol. The standard InChI is InChI=1S/C13H20O4/c1-11(2)6-12(16,7-11)13(10(14)15)5-8-3-4-9(13)17-8/h8-9,16H,3-7H2,1-2H3,(H,14,15). The van der Waals surface area contributed by atoms with E-state index in [0.717, 1.165) is 12.8 Å². The number of fused-ring (bicyclic) bond motifs is 2. The van der Waals surface area contributed by atoms with E-state index in [2.05, 4.69) is 13.8 Å². The first-order valence-electron chi connectivity index (χ1n) is 6.40. The molecule has 3 rings (SSSR count). The van der Waals surface area contributed by atoms with E-state index < -0.39 is 17.0 Å². The first-order chi connectivity index (χ1) is 7.79. The quantitative estimate of drug-likeness (QED) is 0.768. The molecule has 1 aliphatic carbocycles. The highest BCUT2D eigenvalue weighted by Crippen LogP contribution is 2.64. The molecule has 0 aromatic rings. The number of hydrogen-bond acceptors (Lipinski definition) is 3. The molecule has 0 radical (unpaired) electrons. The topological polar surface area (TPSA) is 66.8 Å². The second-order valence-corrected chi connectivity index (χ2v) is 6.85. The maximum absolute atomic E-state index is 11.7. The SMILES string of the molecule is CC1(C)CC(O)(C2(C(=O)O)CC3CCC2O3)C1. The number of hydrogen-bond donors (Lipinski definition) is 2. The third-order valence-electron chi connectivity index (χ3n) is 4.96. The number of ether oxygens (including phenoxy) is 1. The first-order valence-corrected chi connectivity index (χ1v) is 6.40. The van der Waals surface area contributed by atoms with Crippen molar-refractivity contribution in [1.82, 2.24) is 0 Å². The van der Waals surface area contributed by atoms with Crippen molar-refractivity contribution < 1.29 is 19.7 Å². The fourth-order valence-corrected chi connectivity index (χ4v) is 4.47. The molecule has 2 heterocycles. The molecule has 2 aliphatic heterocycles. The number of carboxylic acids is 1. The molecule has 3 aliphatic rings. The van der Waals surface area contributed by atoms with Crippen molar-refractivity contribution in [2.75, 3.05) is 0 Å². The Kier molecular flexibility index (Phi) is 2.05. The lowest BCUT2D eigenvalue weighted by Crippen LogP contribution is -2.66. The van der Waals surface area contributed by atoms with Gasteiger partial charge in [0.2, 0.25) is 0 Å². The van der Waals surface area contributed by atoms with Crippen LogP contribution in [0.1, 0.15) is 46.0 Å². The van der Waals surface area contributed by atoms with Gasteiger partial charge >= 0.3 is 5.97 Å². The van der Waals surface area contributed by atoms with Crippen molar-refractivity contribution >= 4 is 5.97 Å². The van der Waals surface area contributed by atoms with Crippen LogP contribution >= 0.6 is 0 Å². The van der Waals surface area contributed by atoms with E-state index in [9.17, 15) is 15.0 Å². The molecule has 2 bridgehead atoms. The predicted octanol–water partition coefficient (Wildman–Crippen LogP) is 1.56. The number of aliphatic carboxylic acids is 1. The number of carboxylic acid groups (broad SMARTS) is 1. The van der Waals surface area contributed by atoms with Gasteiger partial charge in [-0.05, 0) is 37.5 Å². The van der Waals surface area contributed by atoms with Crippen LogP contribution in [-0.4, -0.2) is 34.0 Å². The van der Waals surface area contributed by atoms with Crippen LogP contribution in [0.25, 0.3) is 0 Å². The molecule has 0 aromatic carbocycles. The van der Waals surface area contributed by atoms with Gasteiger partial charge in [-0.25, -0.2) is 0 Å². The summed E-state index contributed by atoms with van der Waals surface area (Å²) >= 11 is 0. The predicted molar refractivity (Wildman–Crippen MR) is 60.5 cm³/mol. The third kappa shape index (κ3) is 1.28. The van der Waals surface area contributed by atoms with Crippen molar-refractivity contribution in [1.29, 1.82) is 0 Å². The van der Waals surface area contributed by atoms with Crippen molar-refractivity contribution in [2.45, 2.75) is 63.8 Å². The average molecular weight is 240 g/mol. The second-order valence-electron chi connectivity index (χ2n) is 6.85. The van der Waals surface area contributed by atoms with Gasteiger partial charge in [-0.3, -0.25) is 4.79 Å². The summed E-state index contributed by atoms with van der Waals surface area (Å²) in [5.74, 6) is -0.872. The van der Waals surface area contributed by atoms with E-state index in [1.54, 1.807) is 0 Å². The van der Waals surface area contributed by atoms with Crippen LogP contribution in [0.4, 0.5) is 0 Å². The highest BCUT2D eigenvalue weighted by atomic mass is 16.5. The second kappa shape index (κ2) is 3.04. The zero-order chi connectivity index (χ0) is 12.5. The highest BCUT2D eigenvalue weighted by Gasteiger charge is 2.71. The van der Waals surface area contributed by atoms with E-state index in [1.165, 1.54) is 0 Å². The van der Waals surface area contributed by atoms with Crippen LogP contribution in [0, 0.1) is 10.8 Å². The molecule has 3 atom stereocenters. The molecule has 2 saturated heterocycles. The number of carbonyl (C=O) groups is 1. The van der Waals surface area contributed by atoms with Crippen LogP contribution < -0.4 is 0 Å². The Labute approximate surface area is 101 Å². The molecular formula is C13H20O4. The highest BCUT2D eigenvalue weighted by molar-refractivity contribution is 5.78. The van der Waals surface area contributed by atoms with Gasteiger partial charge in [-0.15, -0.1) is 0 Å². The molecule has 0 aromatic heterocycles. The van der Waals surface area contributed by atoms with Crippen molar-refractivity contribution in [3.63, 3.8) is 0 Å². The minimum absolute atomic E-state index is 0.0452.